The maximum Gasteiger partial charge on any atom is 0.0408 e. The molecular formula is C11H12ClN. The number of benzene rings is 1. The Labute approximate surface area is 83.1 Å². The second kappa shape index (κ2) is 2.49. The van der Waals surface area contributed by atoms with Gasteiger partial charge in [-0.15, -0.1) is 0 Å². The summed E-state index contributed by atoms with van der Waals surface area (Å²) in [6.07, 6.45) is 2.51. The second-order valence-corrected chi connectivity index (χ2v) is 4.62. The van der Waals surface area contributed by atoms with Crippen molar-refractivity contribution in [3.05, 3.63) is 34.3 Å². The standard InChI is InChI=1S/C11H12ClN/c12-9-1-2-10-8(5-9)3-4-11(10)6-13-7-11/h1-2,5,13H,3-4,6-7H2. The number of halogens is 1. The normalized spacial score (nSPS) is 22.8. The lowest BCUT2D eigenvalue weighted by Crippen LogP contribution is -2.55. The van der Waals surface area contributed by atoms with Crippen molar-refractivity contribution < 1.29 is 0 Å². The summed E-state index contributed by atoms with van der Waals surface area (Å²) in [7, 11) is 0. The molecule has 0 amide bonds. The Hall–Kier alpha value is -0.530. The van der Waals surface area contributed by atoms with Crippen molar-refractivity contribution in [2.24, 2.45) is 0 Å². The molecule has 1 aliphatic heterocycles. The van der Waals surface area contributed by atoms with E-state index in [-0.39, 0.29) is 0 Å². The minimum atomic E-state index is 0.472. The van der Waals surface area contributed by atoms with Crippen LogP contribution in [0, 0.1) is 0 Å². The highest BCUT2D eigenvalue weighted by atomic mass is 35.5. The van der Waals surface area contributed by atoms with Gasteiger partial charge in [-0.3, -0.25) is 0 Å². The van der Waals surface area contributed by atoms with Crippen LogP contribution in [0.25, 0.3) is 0 Å². The third kappa shape index (κ3) is 0.976. The molecule has 0 bridgehead atoms. The van der Waals surface area contributed by atoms with Crippen molar-refractivity contribution in [1.29, 1.82) is 0 Å². The molecule has 1 nitrogen and oxygen atoms in total. The van der Waals surface area contributed by atoms with Crippen molar-refractivity contribution in [2.45, 2.75) is 18.3 Å². The van der Waals surface area contributed by atoms with Crippen LogP contribution in [0.2, 0.25) is 5.02 Å². The highest BCUT2D eigenvalue weighted by Crippen LogP contribution is 2.42. The van der Waals surface area contributed by atoms with Gasteiger partial charge in [-0.2, -0.15) is 0 Å². The van der Waals surface area contributed by atoms with Gasteiger partial charge in [0.2, 0.25) is 0 Å². The molecule has 1 N–H and O–H groups in total. The van der Waals surface area contributed by atoms with E-state index in [4.69, 9.17) is 11.6 Å². The van der Waals surface area contributed by atoms with E-state index in [1.807, 2.05) is 6.07 Å². The van der Waals surface area contributed by atoms with Crippen molar-refractivity contribution in [1.82, 2.24) is 5.32 Å². The zero-order valence-corrected chi connectivity index (χ0v) is 8.19. The van der Waals surface area contributed by atoms with Crippen molar-refractivity contribution in [3.8, 4) is 0 Å². The molecule has 0 saturated carbocycles. The Balaban J connectivity index is 2.11. The molecule has 0 atom stereocenters. The summed E-state index contributed by atoms with van der Waals surface area (Å²) in [6, 6.07) is 6.36. The first-order valence-electron chi connectivity index (χ1n) is 4.80. The molecule has 0 unspecified atom stereocenters. The van der Waals surface area contributed by atoms with E-state index in [1.54, 1.807) is 0 Å². The number of hydrogen-bond acceptors (Lipinski definition) is 1. The fraction of sp³-hybridized carbons (Fsp3) is 0.455. The summed E-state index contributed by atoms with van der Waals surface area (Å²) in [6.45, 7) is 2.31. The van der Waals surface area contributed by atoms with Crippen LogP contribution >= 0.6 is 11.6 Å². The van der Waals surface area contributed by atoms with Gasteiger partial charge in [0.05, 0.1) is 0 Å². The van der Waals surface area contributed by atoms with Gasteiger partial charge in [0.15, 0.2) is 0 Å². The van der Waals surface area contributed by atoms with E-state index in [9.17, 15) is 0 Å². The molecule has 0 aromatic heterocycles. The number of rotatable bonds is 0. The fourth-order valence-electron chi connectivity index (χ4n) is 2.59. The van der Waals surface area contributed by atoms with Gasteiger partial charge < -0.3 is 5.32 Å². The lowest BCUT2D eigenvalue weighted by molar-refractivity contribution is 0.276. The van der Waals surface area contributed by atoms with E-state index >= 15 is 0 Å². The van der Waals surface area contributed by atoms with Gasteiger partial charge in [0, 0.05) is 23.5 Å². The average molecular weight is 194 g/mol. The molecule has 1 aromatic carbocycles. The lowest BCUT2D eigenvalue weighted by Gasteiger charge is -2.40. The molecule has 1 heterocycles. The van der Waals surface area contributed by atoms with E-state index in [0.717, 1.165) is 18.1 Å². The summed E-state index contributed by atoms with van der Waals surface area (Å²) in [5.74, 6) is 0. The van der Waals surface area contributed by atoms with Crippen LogP contribution in [0.1, 0.15) is 17.5 Å². The zero-order valence-electron chi connectivity index (χ0n) is 7.44. The molecule has 1 spiro atoms. The Morgan fingerprint density at radius 2 is 2.15 bits per heavy atom. The number of nitrogens with one attached hydrogen (secondary N) is 1. The molecule has 1 aromatic rings. The Morgan fingerprint density at radius 3 is 2.85 bits per heavy atom. The Bertz CT molecular complexity index is 355. The highest BCUT2D eigenvalue weighted by Gasteiger charge is 2.43. The monoisotopic (exact) mass is 193 g/mol. The van der Waals surface area contributed by atoms with E-state index in [0.29, 0.717) is 5.41 Å². The molecule has 0 radical (unpaired) electrons. The minimum Gasteiger partial charge on any atom is -0.315 e. The third-order valence-electron chi connectivity index (χ3n) is 3.44. The molecule has 3 rings (SSSR count). The van der Waals surface area contributed by atoms with Crippen LogP contribution in [0.5, 0.6) is 0 Å². The Morgan fingerprint density at radius 1 is 1.31 bits per heavy atom. The minimum absolute atomic E-state index is 0.472. The largest absolute Gasteiger partial charge is 0.315 e. The van der Waals surface area contributed by atoms with Crippen LogP contribution in [0.4, 0.5) is 0 Å². The Kier molecular flexibility index (Phi) is 1.50. The fourth-order valence-corrected chi connectivity index (χ4v) is 2.78. The first-order chi connectivity index (χ1) is 6.30. The summed E-state index contributed by atoms with van der Waals surface area (Å²) in [5, 5.41) is 4.24. The molecule has 13 heavy (non-hydrogen) atoms. The molecule has 1 fully saturated rings. The third-order valence-corrected chi connectivity index (χ3v) is 3.67. The second-order valence-electron chi connectivity index (χ2n) is 4.19. The summed E-state index contributed by atoms with van der Waals surface area (Å²) < 4.78 is 0. The van der Waals surface area contributed by atoms with Crippen molar-refractivity contribution in [3.63, 3.8) is 0 Å². The quantitative estimate of drug-likeness (QED) is 0.666. The van der Waals surface area contributed by atoms with Gasteiger partial charge in [-0.05, 0) is 36.1 Å². The summed E-state index contributed by atoms with van der Waals surface area (Å²) >= 11 is 5.96. The predicted molar refractivity (Wildman–Crippen MR) is 54.3 cm³/mol. The molecular weight excluding hydrogens is 182 g/mol. The maximum atomic E-state index is 5.96. The topological polar surface area (TPSA) is 12.0 Å². The van der Waals surface area contributed by atoms with Crippen molar-refractivity contribution in [2.75, 3.05) is 13.1 Å². The van der Waals surface area contributed by atoms with E-state index < -0.39 is 0 Å². The van der Waals surface area contributed by atoms with Crippen LogP contribution < -0.4 is 5.32 Å². The molecule has 1 saturated heterocycles. The zero-order chi connectivity index (χ0) is 8.89. The van der Waals surface area contributed by atoms with Gasteiger partial charge in [-0.1, -0.05) is 17.7 Å². The van der Waals surface area contributed by atoms with E-state index in [1.165, 1.54) is 24.0 Å². The van der Waals surface area contributed by atoms with Gasteiger partial charge in [-0.25, -0.2) is 0 Å². The molecule has 68 valence electrons. The first-order valence-corrected chi connectivity index (χ1v) is 5.18. The molecule has 2 heteroatoms. The first kappa shape index (κ1) is 7.84. The van der Waals surface area contributed by atoms with Crippen LogP contribution in [-0.4, -0.2) is 13.1 Å². The van der Waals surface area contributed by atoms with E-state index in [2.05, 4.69) is 17.4 Å². The highest BCUT2D eigenvalue weighted by molar-refractivity contribution is 6.30. The van der Waals surface area contributed by atoms with Crippen molar-refractivity contribution >= 4 is 11.6 Å². The lowest BCUT2D eigenvalue weighted by atomic mass is 9.76. The van der Waals surface area contributed by atoms with Crippen LogP contribution in [0.15, 0.2) is 18.2 Å². The summed E-state index contributed by atoms with van der Waals surface area (Å²) in [5.41, 5.74) is 3.48. The number of hydrogen-bond donors (Lipinski definition) is 1. The molecule has 1 aliphatic carbocycles. The SMILES string of the molecule is Clc1ccc2c(c1)CCC21CNC1. The van der Waals surface area contributed by atoms with Crippen LogP contribution in [0.3, 0.4) is 0 Å². The summed E-state index contributed by atoms with van der Waals surface area (Å²) in [4.78, 5) is 0. The number of aryl methyl sites for hydroxylation is 1. The van der Waals surface area contributed by atoms with Gasteiger partial charge >= 0.3 is 0 Å². The van der Waals surface area contributed by atoms with Gasteiger partial charge in [0.1, 0.15) is 0 Å². The number of fused-ring (bicyclic) bond motifs is 2. The average Bonchev–Trinajstić information content (AvgIpc) is 2.41. The maximum absolute atomic E-state index is 5.96. The molecule has 2 aliphatic rings. The predicted octanol–water partition coefficient (Wildman–Crippen LogP) is 2.13. The van der Waals surface area contributed by atoms with Gasteiger partial charge in [0.25, 0.3) is 0 Å². The smallest absolute Gasteiger partial charge is 0.0408 e. The van der Waals surface area contributed by atoms with Crippen LogP contribution in [-0.2, 0) is 11.8 Å².